The number of thiazole rings is 1. The molecule has 128 valence electrons. The highest BCUT2D eigenvalue weighted by Crippen LogP contribution is 2.21. The number of carbonyl (C=O) groups is 1. The van der Waals surface area contributed by atoms with Crippen molar-refractivity contribution in [1.29, 1.82) is 0 Å². The number of para-hydroxylation sites is 1. The van der Waals surface area contributed by atoms with Crippen molar-refractivity contribution in [3.8, 4) is 5.69 Å². The minimum absolute atomic E-state index is 0.304. The van der Waals surface area contributed by atoms with E-state index in [0.29, 0.717) is 28.6 Å². The fourth-order valence-electron chi connectivity index (χ4n) is 2.41. The Morgan fingerprint density at radius 1 is 1.12 bits per heavy atom. The summed E-state index contributed by atoms with van der Waals surface area (Å²) in [6.45, 7) is 2.58. The zero-order chi connectivity index (χ0) is 17.6. The summed E-state index contributed by atoms with van der Waals surface area (Å²) in [5, 5.41) is 0. The fraction of sp³-hybridized carbons (Fsp3) is 0.158. The summed E-state index contributed by atoms with van der Waals surface area (Å²) in [4.78, 5) is 17.9. The average Bonchev–Trinajstić information content (AvgIpc) is 2.98. The summed E-state index contributed by atoms with van der Waals surface area (Å²) >= 11 is 1.25. The first-order valence-corrected chi connectivity index (χ1v) is 8.80. The molecule has 0 atom stereocenters. The Kier molecular flexibility index (Phi) is 5.30. The molecule has 0 radical (unpaired) electrons. The summed E-state index contributed by atoms with van der Waals surface area (Å²) in [6.07, 6.45) is 0. The van der Waals surface area contributed by atoms with Crippen LogP contribution in [0.4, 0.5) is 5.82 Å². The third-order valence-electron chi connectivity index (χ3n) is 3.57. The first kappa shape index (κ1) is 17.0. The lowest BCUT2D eigenvalue weighted by Crippen LogP contribution is -2.15. The van der Waals surface area contributed by atoms with Gasteiger partial charge in [0.1, 0.15) is 5.82 Å². The number of nitrogens with zero attached hydrogens (tertiary/aromatic N) is 2. The van der Waals surface area contributed by atoms with E-state index in [1.54, 1.807) is 11.5 Å². The van der Waals surface area contributed by atoms with Crippen molar-refractivity contribution in [3.63, 3.8) is 0 Å². The number of hydrogen-bond donors (Lipinski definition) is 1. The second-order valence-corrected chi connectivity index (χ2v) is 6.27. The molecule has 0 spiro atoms. The molecule has 0 bridgehead atoms. The number of nitrogen functional groups attached to an aromatic ring is 1. The van der Waals surface area contributed by atoms with Crippen LogP contribution >= 0.6 is 11.3 Å². The van der Waals surface area contributed by atoms with Gasteiger partial charge in [0.2, 0.25) is 0 Å². The Balaban J connectivity index is 2.09. The molecular formula is C19H19N3O2S. The standard InChI is InChI=1S/C19H19N3O2S/c1-2-24-18(23)16-17(20)22(15-11-7-4-8-12-15)19(25-16)21-13-14-9-5-3-6-10-14/h3-12H,2,13,20H2,1H3. The van der Waals surface area contributed by atoms with Gasteiger partial charge in [-0.1, -0.05) is 59.9 Å². The summed E-state index contributed by atoms with van der Waals surface area (Å²) in [5.41, 5.74) is 8.20. The van der Waals surface area contributed by atoms with Crippen molar-refractivity contribution in [3.05, 3.63) is 75.9 Å². The normalized spacial score (nSPS) is 11.5. The second kappa shape index (κ2) is 7.81. The van der Waals surface area contributed by atoms with Gasteiger partial charge in [-0.05, 0) is 24.6 Å². The molecular weight excluding hydrogens is 334 g/mol. The van der Waals surface area contributed by atoms with Gasteiger partial charge in [0.05, 0.1) is 13.2 Å². The van der Waals surface area contributed by atoms with Crippen LogP contribution in [-0.2, 0) is 11.3 Å². The summed E-state index contributed by atoms with van der Waals surface area (Å²) in [7, 11) is 0. The van der Waals surface area contributed by atoms with Crippen molar-refractivity contribution in [1.82, 2.24) is 4.57 Å². The van der Waals surface area contributed by atoms with Crippen molar-refractivity contribution in [2.75, 3.05) is 12.3 Å². The molecule has 3 rings (SSSR count). The van der Waals surface area contributed by atoms with E-state index in [0.717, 1.165) is 11.3 Å². The molecule has 0 saturated carbocycles. The number of anilines is 1. The molecule has 1 aromatic heterocycles. The van der Waals surface area contributed by atoms with Crippen LogP contribution in [0.15, 0.2) is 65.7 Å². The number of hydrogen-bond acceptors (Lipinski definition) is 5. The summed E-state index contributed by atoms with van der Waals surface area (Å²) in [6, 6.07) is 19.6. The van der Waals surface area contributed by atoms with Crippen LogP contribution in [0.5, 0.6) is 0 Å². The molecule has 0 saturated heterocycles. The highest BCUT2D eigenvalue weighted by atomic mass is 32.1. The Labute approximate surface area is 150 Å². The molecule has 0 aliphatic heterocycles. The molecule has 5 nitrogen and oxygen atoms in total. The molecule has 0 aliphatic carbocycles. The van der Waals surface area contributed by atoms with Crippen molar-refractivity contribution < 1.29 is 9.53 Å². The average molecular weight is 353 g/mol. The Bertz CT molecular complexity index is 915. The molecule has 25 heavy (non-hydrogen) atoms. The molecule has 2 aromatic carbocycles. The van der Waals surface area contributed by atoms with Crippen LogP contribution in [0.25, 0.3) is 5.69 Å². The van der Waals surface area contributed by atoms with E-state index >= 15 is 0 Å². The second-order valence-electron chi connectivity index (χ2n) is 5.29. The van der Waals surface area contributed by atoms with Crippen molar-refractivity contribution in [2.24, 2.45) is 4.99 Å². The molecule has 1 heterocycles. The van der Waals surface area contributed by atoms with E-state index in [2.05, 4.69) is 4.99 Å². The van der Waals surface area contributed by atoms with Gasteiger partial charge in [-0.25, -0.2) is 4.79 Å². The van der Waals surface area contributed by atoms with E-state index in [-0.39, 0.29) is 0 Å². The van der Waals surface area contributed by atoms with Gasteiger partial charge in [-0.15, -0.1) is 0 Å². The molecule has 2 N–H and O–H groups in total. The van der Waals surface area contributed by atoms with E-state index in [4.69, 9.17) is 10.5 Å². The first-order chi connectivity index (χ1) is 12.2. The largest absolute Gasteiger partial charge is 0.462 e. The topological polar surface area (TPSA) is 69.6 Å². The molecule has 0 fully saturated rings. The van der Waals surface area contributed by atoms with Gasteiger partial charge in [0, 0.05) is 5.69 Å². The van der Waals surface area contributed by atoms with Crippen molar-refractivity contribution in [2.45, 2.75) is 13.5 Å². The number of rotatable bonds is 5. The zero-order valence-electron chi connectivity index (χ0n) is 13.9. The Morgan fingerprint density at radius 2 is 1.76 bits per heavy atom. The third-order valence-corrected chi connectivity index (χ3v) is 4.65. The van der Waals surface area contributed by atoms with Crippen LogP contribution in [0, 0.1) is 0 Å². The molecule has 3 aromatic rings. The first-order valence-electron chi connectivity index (χ1n) is 7.99. The number of nitrogens with two attached hydrogens (primary N) is 1. The van der Waals surface area contributed by atoms with Gasteiger partial charge >= 0.3 is 5.97 Å². The SMILES string of the molecule is CCOC(=O)c1sc(=NCc2ccccc2)n(-c2ccccc2)c1N. The number of ether oxygens (including phenoxy) is 1. The van der Waals surface area contributed by atoms with Crippen LogP contribution in [0.1, 0.15) is 22.2 Å². The fourth-order valence-corrected chi connectivity index (χ4v) is 3.35. The van der Waals surface area contributed by atoms with Crippen LogP contribution < -0.4 is 10.5 Å². The predicted molar refractivity (Wildman–Crippen MR) is 99.7 cm³/mol. The third kappa shape index (κ3) is 3.80. The van der Waals surface area contributed by atoms with E-state index in [9.17, 15) is 4.79 Å². The Hall–Kier alpha value is -2.86. The maximum absolute atomic E-state index is 12.2. The van der Waals surface area contributed by atoms with Gasteiger partial charge in [0.15, 0.2) is 9.68 Å². The molecule has 0 amide bonds. The minimum Gasteiger partial charge on any atom is -0.462 e. The van der Waals surface area contributed by atoms with E-state index < -0.39 is 5.97 Å². The van der Waals surface area contributed by atoms with Gasteiger partial charge < -0.3 is 10.5 Å². The quantitative estimate of drug-likeness (QED) is 0.715. The van der Waals surface area contributed by atoms with E-state index in [1.807, 2.05) is 60.7 Å². The smallest absolute Gasteiger partial charge is 0.352 e. The predicted octanol–water partition coefficient (Wildman–Crippen LogP) is 3.40. The summed E-state index contributed by atoms with van der Waals surface area (Å²) in [5.74, 6) is -0.0719. The van der Waals surface area contributed by atoms with Gasteiger partial charge in [0.25, 0.3) is 0 Å². The maximum atomic E-state index is 12.2. The molecule has 0 aliphatic rings. The van der Waals surface area contributed by atoms with E-state index in [1.165, 1.54) is 11.3 Å². The number of benzene rings is 2. The lowest BCUT2D eigenvalue weighted by Gasteiger charge is -2.06. The number of carbonyl (C=O) groups excluding carboxylic acids is 1. The molecule has 6 heteroatoms. The number of esters is 1. The lowest BCUT2D eigenvalue weighted by molar-refractivity contribution is 0.0533. The van der Waals surface area contributed by atoms with Gasteiger partial charge in [-0.3, -0.25) is 9.56 Å². The maximum Gasteiger partial charge on any atom is 0.352 e. The molecule has 0 unspecified atom stereocenters. The minimum atomic E-state index is -0.421. The highest BCUT2D eigenvalue weighted by Gasteiger charge is 2.19. The van der Waals surface area contributed by atoms with Crippen LogP contribution in [0.3, 0.4) is 0 Å². The zero-order valence-corrected chi connectivity index (χ0v) is 14.7. The monoisotopic (exact) mass is 353 g/mol. The Morgan fingerprint density at radius 3 is 2.40 bits per heavy atom. The lowest BCUT2D eigenvalue weighted by atomic mass is 10.2. The summed E-state index contributed by atoms with van der Waals surface area (Å²) < 4.78 is 6.90. The van der Waals surface area contributed by atoms with Crippen LogP contribution in [0.2, 0.25) is 0 Å². The van der Waals surface area contributed by atoms with Crippen molar-refractivity contribution >= 4 is 23.1 Å². The highest BCUT2D eigenvalue weighted by molar-refractivity contribution is 7.11. The van der Waals surface area contributed by atoms with Gasteiger partial charge in [-0.2, -0.15) is 0 Å². The van der Waals surface area contributed by atoms with Crippen LogP contribution in [-0.4, -0.2) is 17.1 Å². The number of aromatic nitrogens is 1.